The summed E-state index contributed by atoms with van der Waals surface area (Å²) in [5.74, 6) is -0.0922. The number of carbonyl (C=O) groups is 1. The number of nitrogens with one attached hydrogen (secondary N) is 2. The fourth-order valence-corrected chi connectivity index (χ4v) is 1.73. The van der Waals surface area contributed by atoms with Gasteiger partial charge >= 0.3 is 5.69 Å². The minimum Gasteiger partial charge on any atom is -0.358 e. The van der Waals surface area contributed by atoms with Crippen molar-refractivity contribution in [3.05, 3.63) is 10.5 Å². The number of H-pyrrole nitrogens is 1. The number of carbonyl (C=O) groups excluding carboxylic acids is 1. The number of nitrogens with zero attached hydrogens (tertiary/aromatic N) is 2. The third-order valence-corrected chi connectivity index (χ3v) is 2.88. The molecule has 6 nitrogen and oxygen atoms in total. The number of hydrogen-bond donors (Lipinski definition) is 2. The highest BCUT2D eigenvalue weighted by Gasteiger charge is 2.16. The number of aromatic amines is 1. The third-order valence-electron chi connectivity index (χ3n) is 1.74. The number of thioether (sulfide) groups is 1. The van der Waals surface area contributed by atoms with E-state index in [1.165, 1.54) is 16.3 Å². The molecule has 0 radical (unpaired) electrons. The molecule has 78 valence electrons. The molecule has 0 spiro atoms. The Morgan fingerprint density at radius 3 is 2.79 bits per heavy atom. The Hall–Kier alpha value is -1.24. The van der Waals surface area contributed by atoms with E-state index in [2.05, 4.69) is 15.5 Å². The smallest absolute Gasteiger partial charge is 0.343 e. The van der Waals surface area contributed by atoms with Gasteiger partial charge in [-0.25, -0.2) is 9.89 Å². The van der Waals surface area contributed by atoms with E-state index in [0.717, 1.165) is 0 Å². The summed E-state index contributed by atoms with van der Waals surface area (Å²) in [6.07, 6.45) is 0. The first-order valence-corrected chi connectivity index (χ1v) is 4.94. The maximum Gasteiger partial charge on any atom is 0.343 e. The van der Waals surface area contributed by atoms with E-state index in [1.807, 2.05) is 0 Å². The molecule has 2 N–H and O–H groups in total. The summed E-state index contributed by atoms with van der Waals surface area (Å²) in [5, 5.41) is 8.85. The molecule has 14 heavy (non-hydrogen) atoms. The normalized spacial score (nSPS) is 12.5. The maximum atomic E-state index is 11.2. The van der Waals surface area contributed by atoms with Crippen LogP contribution in [0, 0.1) is 0 Å². The molecule has 0 bridgehead atoms. The van der Waals surface area contributed by atoms with E-state index in [-0.39, 0.29) is 16.8 Å². The zero-order valence-corrected chi connectivity index (χ0v) is 9.01. The molecule has 0 saturated carbocycles. The summed E-state index contributed by atoms with van der Waals surface area (Å²) in [7, 11) is 3.17. The first-order chi connectivity index (χ1) is 6.56. The van der Waals surface area contributed by atoms with Gasteiger partial charge in [-0.1, -0.05) is 11.8 Å². The average Bonchev–Trinajstić information content (AvgIpc) is 2.48. The summed E-state index contributed by atoms with van der Waals surface area (Å²) >= 11 is 1.23. The van der Waals surface area contributed by atoms with Crippen molar-refractivity contribution in [2.45, 2.75) is 17.3 Å². The fourth-order valence-electron chi connectivity index (χ4n) is 0.853. The lowest BCUT2D eigenvalue weighted by Crippen LogP contribution is -2.27. The molecule has 0 aliphatic carbocycles. The van der Waals surface area contributed by atoms with Gasteiger partial charge in [0.15, 0.2) is 5.16 Å². The Labute approximate surface area is 85.1 Å². The largest absolute Gasteiger partial charge is 0.358 e. The summed E-state index contributed by atoms with van der Waals surface area (Å²) in [6, 6.07) is 0. The third kappa shape index (κ3) is 2.16. The molecular formula is C7H12N4O2S. The Bertz CT molecular complexity index is 383. The van der Waals surface area contributed by atoms with Crippen LogP contribution in [0.2, 0.25) is 0 Å². The molecule has 0 aliphatic rings. The van der Waals surface area contributed by atoms with Crippen molar-refractivity contribution in [3.63, 3.8) is 0 Å². The molecule has 1 atom stereocenters. The van der Waals surface area contributed by atoms with E-state index < -0.39 is 0 Å². The lowest BCUT2D eigenvalue weighted by Gasteiger charge is -2.07. The predicted molar refractivity (Wildman–Crippen MR) is 53.2 cm³/mol. The van der Waals surface area contributed by atoms with Crippen molar-refractivity contribution < 1.29 is 4.79 Å². The molecule has 1 aromatic heterocycles. The molecular weight excluding hydrogens is 204 g/mol. The molecule has 0 unspecified atom stereocenters. The second-order valence-electron chi connectivity index (χ2n) is 2.74. The van der Waals surface area contributed by atoms with Crippen LogP contribution in [0.4, 0.5) is 0 Å². The van der Waals surface area contributed by atoms with Crippen molar-refractivity contribution in [1.82, 2.24) is 20.1 Å². The van der Waals surface area contributed by atoms with Crippen LogP contribution in [0.5, 0.6) is 0 Å². The Balaban J connectivity index is 2.74. The molecule has 0 aliphatic heterocycles. The second-order valence-corrected chi connectivity index (χ2v) is 4.05. The average molecular weight is 216 g/mol. The molecule has 0 fully saturated rings. The monoisotopic (exact) mass is 216 g/mol. The van der Waals surface area contributed by atoms with Crippen molar-refractivity contribution in [1.29, 1.82) is 0 Å². The van der Waals surface area contributed by atoms with Crippen LogP contribution in [0.25, 0.3) is 0 Å². The molecule has 1 heterocycles. The zero-order valence-electron chi connectivity index (χ0n) is 8.20. The SMILES string of the molecule is CNC(=O)[C@H](C)Sc1n[nH]c(=O)n1C. The Morgan fingerprint density at radius 2 is 2.36 bits per heavy atom. The minimum atomic E-state index is -0.281. The first kappa shape index (κ1) is 10.8. The molecule has 1 rings (SSSR count). The Morgan fingerprint density at radius 1 is 1.71 bits per heavy atom. The van der Waals surface area contributed by atoms with Gasteiger partial charge in [-0.15, -0.1) is 5.10 Å². The fraction of sp³-hybridized carbons (Fsp3) is 0.571. The van der Waals surface area contributed by atoms with Gasteiger partial charge in [0.2, 0.25) is 5.91 Å². The number of aromatic nitrogens is 3. The van der Waals surface area contributed by atoms with E-state index in [4.69, 9.17) is 0 Å². The van der Waals surface area contributed by atoms with Crippen LogP contribution in [-0.2, 0) is 11.8 Å². The van der Waals surface area contributed by atoms with E-state index >= 15 is 0 Å². The predicted octanol–water partition coefficient (Wildman–Crippen LogP) is -0.665. The van der Waals surface area contributed by atoms with Crippen molar-refractivity contribution in [3.8, 4) is 0 Å². The van der Waals surface area contributed by atoms with Crippen LogP contribution in [0.1, 0.15) is 6.92 Å². The van der Waals surface area contributed by atoms with Crippen LogP contribution in [-0.4, -0.2) is 33.0 Å². The molecule has 0 aromatic carbocycles. The zero-order chi connectivity index (χ0) is 10.7. The van der Waals surface area contributed by atoms with Crippen LogP contribution in [0.3, 0.4) is 0 Å². The lowest BCUT2D eigenvalue weighted by molar-refractivity contribution is -0.119. The van der Waals surface area contributed by atoms with Gasteiger partial charge in [-0.3, -0.25) is 9.36 Å². The van der Waals surface area contributed by atoms with E-state index in [9.17, 15) is 9.59 Å². The topological polar surface area (TPSA) is 79.8 Å². The van der Waals surface area contributed by atoms with Gasteiger partial charge in [0.05, 0.1) is 5.25 Å². The quantitative estimate of drug-likeness (QED) is 0.657. The standard InChI is InChI=1S/C7H12N4O2S/c1-4(5(12)8-2)14-7-10-9-6(13)11(7)3/h4H,1-3H3,(H,8,12)(H,9,13)/t4-/m0/s1. The molecule has 1 amide bonds. The van der Waals surface area contributed by atoms with Crippen LogP contribution in [0.15, 0.2) is 9.95 Å². The summed E-state index contributed by atoms with van der Waals surface area (Å²) in [6.45, 7) is 1.75. The van der Waals surface area contributed by atoms with Crippen molar-refractivity contribution in [2.24, 2.45) is 7.05 Å². The summed E-state index contributed by atoms with van der Waals surface area (Å²) < 4.78 is 1.37. The van der Waals surface area contributed by atoms with Gasteiger partial charge < -0.3 is 5.32 Å². The van der Waals surface area contributed by atoms with Crippen LogP contribution >= 0.6 is 11.8 Å². The minimum absolute atomic E-state index is 0.0922. The second kappa shape index (κ2) is 4.32. The number of hydrogen-bond acceptors (Lipinski definition) is 4. The van der Waals surface area contributed by atoms with Gasteiger partial charge in [0.1, 0.15) is 0 Å². The van der Waals surface area contributed by atoms with Gasteiger partial charge in [0, 0.05) is 14.1 Å². The number of rotatable bonds is 3. The van der Waals surface area contributed by atoms with Crippen molar-refractivity contribution in [2.75, 3.05) is 7.05 Å². The van der Waals surface area contributed by atoms with Crippen LogP contribution < -0.4 is 11.0 Å². The Kier molecular flexibility index (Phi) is 3.34. The van der Waals surface area contributed by atoms with Crippen molar-refractivity contribution >= 4 is 17.7 Å². The van der Waals surface area contributed by atoms with E-state index in [0.29, 0.717) is 5.16 Å². The highest BCUT2D eigenvalue weighted by Crippen LogP contribution is 2.18. The summed E-state index contributed by atoms with van der Waals surface area (Å²) in [4.78, 5) is 22.2. The highest BCUT2D eigenvalue weighted by molar-refractivity contribution is 8.00. The van der Waals surface area contributed by atoms with Gasteiger partial charge in [0.25, 0.3) is 0 Å². The van der Waals surface area contributed by atoms with E-state index in [1.54, 1.807) is 21.0 Å². The molecule has 1 aromatic rings. The summed E-state index contributed by atoms with van der Waals surface area (Å²) in [5.41, 5.74) is -0.281. The van der Waals surface area contributed by atoms with Gasteiger partial charge in [-0.2, -0.15) is 0 Å². The number of amides is 1. The maximum absolute atomic E-state index is 11.2. The highest BCUT2D eigenvalue weighted by atomic mass is 32.2. The lowest BCUT2D eigenvalue weighted by atomic mass is 10.4. The molecule has 0 saturated heterocycles. The molecule has 7 heteroatoms. The first-order valence-electron chi connectivity index (χ1n) is 4.06. The van der Waals surface area contributed by atoms with Gasteiger partial charge in [-0.05, 0) is 6.92 Å².